The van der Waals surface area contributed by atoms with Gasteiger partial charge in [0.1, 0.15) is 0 Å². The molecule has 0 saturated heterocycles. The Hall–Kier alpha value is 0.247. The van der Waals surface area contributed by atoms with Crippen LogP contribution in [0.2, 0.25) is 23.7 Å². The second-order valence-electron chi connectivity index (χ2n) is 5.34. The Morgan fingerprint density at radius 2 is 1.60 bits per heavy atom. The molecule has 0 amide bonds. The molecule has 0 aromatic rings. The zero-order valence-corrected chi connectivity index (χ0v) is 11.9. The molecule has 2 bridgehead atoms. The molecule has 0 aromatic carbocycles. The molecule has 4 unspecified atom stereocenters. The van der Waals surface area contributed by atoms with Gasteiger partial charge in [-0.05, 0) is 23.8 Å². The molecule has 2 rings (SSSR count). The van der Waals surface area contributed by atoms with Gasteiger partial charge >= 0.3 is 0 Å². The van der Waals surface area contributed by atoms with E-state index >= 15 is 0 Å². The van der Waals surface area contributed by atoms with Gasteiger partial charge in [0, 0.05) is 5.38 Å². The molecule has 0 N–H and O–H groups in total. The second kappa shape index (κ2) is 4.25. The van der Waals surface area contributed by atoms with E-state index in [2.05, 4.69) is 32.9 Å². The van der Waals surface area contributed by atoms with Crippen LogP contribution in [0.1, 0.15) is 27.2 Å². The number of hydrogen-bond acceptors (Lipinski definition) is 0. The van der Waals surface area contributed by atoms with Gasteiger partial charge in [-0.25, -0.2) is 0 Å². The Kier molecular flexibility index (Phi) is 3.32. The zero-order valence-electron chi connectivity index (χ0n) is 10.2. The highest BCUT2D eigenvalue weighted by Crippen LogP contribution is 2.56. The summed E-state index contributed by atoms with van der Waals surface area (Å²) in [5, 5.41) is 0.464. The van der Waals surface area contributed by atoms with Gasteiger partial charge in [0.2, 0.25) is 0 Å². The molecular weight excluding hydrogens is 220 g/mol. The third kappa shape index (κ3) is 1.63. The van der Waals surface area contributed by atoms with Gasteiger partial charge in [-0.2, -0.15) is 0 Å². The van der Waals surface area contributed by atoms with E-state index in [1.807, 2.05) is 0 Å². The van der Waals surface area contributed by atoms with Crippen molar-refractivity contribution in [3.63, 3.8) is 0 Å². The molecule has 0 aliphatic heterocycles. The fourth-order valence-corrected chi connectivity index (χ4v) is 10.2. The molecule has 0 nitrogen and oxygen atoms in total. The van der Waals surface area contributed by atoms with Crippen molar-refractivity contribution in [2.24, 2.45) is 11.8 Å². The quantitative estimate of drug-likeness (QED) is 0.382. The van der Waals surface area contributed by atoms with Crippen LogP contribution in [0, 0.1) is 11.8 Å². The summed E-state index contributed by atoms with van der Waals surface area (Å²) in [5.74, 6) is 1.54. The normalized spacial score (nSPS) is 38.9. The molecule has 0 aromatic heterocycles. The van der Waals surface area contributed by atoms with Crippen molar-refractivity contribution in [2.75, 3.05) is 0 Å². The first kappa shape index (κ1) is 11.7. The standard InChI is InChI=1S/C13H23ClSi/c1-4-15(5-2,6-3)13-11-8-7-10(9-11)12(13)14/h7-8,10-13H,4-6,9H2,1-3H3. The van der Waals surface area contributed by atoms with Crippen molar-refractivity contribution < 1.29 is 0 Å². The van der Waals surface area contributed by atoms with Crippen LogP contribution in [0.5, 0.6) is 0 Å². The highest BCUT2D eigenvalue weighted by molar-refractivity contribution is 6.82. The SMILES string of the molecule is CC[Si](CC)(CC)C1C2C=CC(C2)C1Cl. The minimum Gasteiger partial charge on any atom is -0.122 e. The third-order valence-corrected chi connectivity index (χ3v) is 12.4. The number of allylic oxidation sites excluding steroid dienone is 2. The smallest absolute Gasteiger partial charge is 0.0580 e. The molecule has 0 radical (unpaired) electrons. The fourth-order valence-electron chi connectivity index (χ4n) is 4.01. The highest BCUT2D eigenvalue weighted by Gasteiger charge is 2.52. The minimum absolute atomic E-state index is 0.464. The number of halogens is 1. The van der Waals surface area contributed by atoms with Gasteiger partial charge in [-0.15, -0.1) is 11.6 Å². The molecule has 1 fully saturated rings. The monoisotopic (exact) mass is 242 g/mol. The summed E-state index contributed by atoms with van der Waals surface area (Å²) >= 11 is 6.68. The van der Waals surface area contributed by atoms with E-state index in [4.69, 9.17) is 11.6 Å². The van der Waals surface area contributed by atoms with Crippen molar-refractivity contribution in [3.8, 4) is 0 Å². The lowest BCUT2D eigenvalue weighted by atomic mass is 10.1. The van der Waals surface area contributed by atoms with Gasteiger partial charge < -0.3 is 0 Å². The minimum atomic E-state index is -1.08. The van der Waals surface area contributed by atoms with Gasteiger partial charge in [-0.1, -0.05) is 51.1 Å². The van der Waals surface area contributed by atoms with E-state index < -0.39 is 8.07 Å². The average Bonchev–Trinajstić information content (AvgIpc) is 2.84. The van der Waals surface area contributed by atoms with Crippen molar-refractivity contribution in [1.29, 1.82) is 0 Å². The molecule has 0 heterocycles. The molecule has 2 heteroatoms. The molecule has 2 aliphatic rings. The van der Waals surface area contributed by atoms with Gasteiger partial charge in [-0.3, -0.25) is 0 Å². The third-order valence-electron chi connectivity index (χ3n) is 5.18. The van der Waals surface area contributed by atoms with Crippen LogP contribution in [0.4, 0.5) is 0 Å². The fraction of sp³-hybridized carbons (Fsp3) is 0.846. The predicted octanol–water partition coefficient (Wildman–Crippen LogP) is 4.68. The van der Waals surface area contributed by atoms with Crippen LogP contribution in [0.25, 0.3) is 0 Å². The molecular formula is C13H23ClSi. The first-order chi connectivity index (χ1) is 7.18. The first-order valence-electron chi connectivity index (χ1n) is 6.51. The van der Waals surface area contributed by atoms with E-state index in [1.165, 1.54) is 24.6 Å². The Balaban J connectivity index is 2.25. The Bertz CT molecular complexity index is 249. The number of hydrogen-bond donors (Lipinski definition) is 0. The Morgan fingerprint density at radius 3 is 2.00 bits per heavy atom. The van der Waals surface area contributed by atoms with Crippen LogP contribution in [0.3, 0.4) is 0 Å². The maximum absolute atomic E-state index is 6.68. The van der Waals surface area contributed by atoms with Crippen LogP contribution >= 0.6 is 11.6 Å². The molecule has 1 saturated carbocycles. The van der Waals surface area contributed by atoms with E-state index in [-0.39, 0.29) is 0 Å². The highest BCUT2D eigenvalue weighted by atomic mass is 35.5. The van der Waals surface area contributed by atoms with Crippen LogP contribution in [-0.2, 0) is 0 Å². The first-order valence-corrected chi connectivity index (χ1v) is 9.64. The van der Waals surface area contributed by atoms with Crippen LogP contribution in [-0.4, -0.2) is 13.5 Å². The van der Waals surface area contributed by atoms with Crippen LogP contribution < -0.4 is 0 Å². The van der Waals surface area contributed by atoms with Gasteiger partial charge in [0.15, 0.2) is 0 Å². The summed E-state index contributed by atoms with van der Waals surface area (Å²) in [6.45, 7) is 7.20. The maximum atomic E-state index is 6.68. The van der Waals surface area contributed by atoms with Crippen LogP contribution in [0.15, 0.2) is 12.2 Å². The van der Waals surface area contributed by atoms with Crippen molar-refractivity contribution in [2.45, 2.75) is 56.2 Å². The number of fused-ring (bicyclic) bond motifs is 2. The lowest BCUT2D eigenvalue weighted by Gasteiger charge is -2.40. The summed E-state index contributed by atoms with van der Waals surface area (Å²) in [6, 6.07) is 4.26. The summed E-state index contributed by atoms with van der Waals surface area (Å²) < 4.78 is 0. The summed E-state index contributed by atoms with van der Waals surface area (Å²) in [7, 11) is -1.08. The van der Waals surface area contributed by atoms with E-state index in [0.717, 1.165) is 11.5 Å². The van der Waals surface area contributed by atoms with E-state index in [1.54, 1.807) is 0 Å². The van der Waals surface area contributed by atoms with Crippen molar-refractivity contribution in [1.82, 2.24) is 0 Å². The van der Waals surface area contributed by atoms with Crippen molar-refractivity contribution in [3.05, 3.63) is 12.2 Å². The van der Waals surface area contributed by atoms with E-state index in [0.29, 0.717) is 11.3 Å². The topological polar surface area (TPSA) is 0 Å². The lowest BCUT2D eigenvalue weighted by molar-refractivity contribution is 0.664. The lowest BCUT2D eigenvalue weighted by Crippen LogP contribution is -2.43. The average molecular weight is 243 g/mol. The zero-order chi connectivity index (χ0) is 11.1. The molecule has 0 spiro atoms. The molecule has 2 aliphatic carbocycles. The molecule has 4 atom stereocenters. The summed E-state index contributed by atoms with van der Waals surface area (Å²) in [6.07, 6.45) is 6.20. The predicted molar refractivity (Wildman–Crippen MR) is 71.3 cm³/mol. The van der Waals surface area contributed by atoms with Gasteiger partial charge in [0.05, 0.1) is 8.07 Å². The number of rotatable bonds is 4. The summed E-state index contributed by atoms with van der Waals surface area (Å²) in [5.41, 5.74) is 0.870. The molecule has 86 valence electrons. The van der Waals surface area contributed by atoms with E-state index in [9.17, 15) is 0 Å². The summed E-state index contributed by atoms with van der Waals surface area (Å²) in [4.78, 5) is 0. The van der Waals surface area contributed by atoms with Crippen molar-refractivity contribution >= 4 is 19.7 Å². The maximum Gasteiger partial charge on any atom is 0.0580 e. The Labute approximate surface area is 100 Å². The number of alkyl halides is 1. The second-order valence-corrected chi connectivity index (χ2v) is 11.4. The molecule has 15 heavy (non-hydrogen) atoms. The Morgan fingerprint density at radius 1 is 1.07 bits per heavy atom. The van der Waals surface area contributed by atoms with Gasteiger partial charge in [0.25, 0.3) is 0 Å². The largest absolute Gasteiger partial charge is 0.122 e.